The quantitative estimate of drug-likeness (QED) is 0.915. The van der Waals surface area contributed by atoms with Gasteiger partial charge in [0.1, 0.15) is 5.82 Å². The molecule has 0 saturated heterocycles. The van der Waals surface area contributed by atoms with Crippen molar-refractivity contribution in [1.29, 1.82) is 0 Å². The molecule has 1 N–H and O–H groups in total. The van der Waals surface area contributed by atoms with Gasteiger partial charge in [-0.05, 0) is 48.4 Å². The van der Waals surface area contributed by atoms with Crippen molar-refractivity contribution in [2.24, 2.45) is 0 Å². The van der Waals surface area contributed by atoms with E-state index in [1.165, 1.54) is 18.2 Å². The van der Waals surface area contributed by atoms with Crippen molar-refractivity contribution in [3.63, 3.8) is 0 Å². The average Bonchev–Trinajstić information content (AvgIpc) is 2.42. The van der Waals surface area contributed by atoms with Crippen LogP contribution in [0.1, 0.15) is 11.1 Å². The van der Waals surface area contributed by atoms with Crippen LogP contribution in [-0.4, -0.2) is 8.42 Å². The van der Waals surface area contributed by atoms with Crippen LogP contribution in [0, 0.1) is 12.7 Å². The molecule has 0 heterocycles. The lowest BCUT2D eigenvalue weighted by atomic mass is 10.2. The zero-order valence-corrected chi connectivity index (χ0v) is 12.7. The molecule has 0 aliphatic rings. The van der Waals surface area contributed by atoms with Gasteiger partial charge in [-0.15, -0.1) is 0 Å². The van der Waals surface area contributed by atoms with E-state index in [-0.39, 0.29) is 5.69 Å². The van der Waals surface area contributed by atoms with Gasteiger partial charge in [-0.25, -0.2) is 12.8 Å². The molecule has 0 radical (unpaired) electrons. The normalized spacial score (nSPS) is 11.8. The van der Waals surface area contributed by atoms with E-state index in [0.717, 1.165) is 11.5 Å². The fraction of sp³-hybridized carbons (Fsp3) is 0.0667. The van der Waals surface area contributed by atoms with Gasteiger partial charge < -0.3 is 0 Å². The Balaban J connectivity index is 2.14. The first kappa shape index (κ1) is 15.5. The molecule has 0 saturated carbocycles. The molecule has 0 amide bonds. The molecule has 0 bridgehead atoms. The van der Waals surface area contributed by atoms with Gasteiger partial charge in [0, 0.05) is 5.02 Å². The molecule has 21 heavy (non-hydrogen) atoms. The van der Waals surface area contributed by atoms with Crippen LogP contribution in [0.2, 0.25) is 5.02 Å². The van der Waals surface area contributed by atoms with Crippen molar-refractivity contribution in [3.8, 4) is 0 Å². The van der Waals surface area contributed by atoms with Crippen molar-refractivity contribution in [2.45, 2.75) is 6.92 Å². The van der Waals surface area contributed by atoms with E-state index in [1.807, 2.05) is 0 Å². The Hall–Kier alpha value is -1.85. The summed E-state index contributed by atoms with van der Waals surface area (Å²) in [6, 6.07) is 10.9. The van der Waals surface area contributed by atoms with Crippen LogP contribution in [-0.2, 0) is 10.0 Å². The van der Waals surface area contributed by atoms with Crippen LogP contribution in [0.25, 0.3) is 6.08 Å². The number of hydrogen-bond donors (Lipinski definition) is 1. The highest BCUT2D eigenvalue weighted by molar-refractivity contribution is 7.95. The van der Waals surface area contributed by atoms with Gasteiger partial charge >= 0.3 is 0 Å². The Kier molecular flexibility index (Phi) is 4.65. The second-order valence-electron chi connectivity index (χ2n) is 4.47. The highest BCUT2D eigenvalue weighted by atomic mass is 35.5. The minimum atomic E-state index is -3.70. The van der Waals surface area contributed by atoms with Gasteiger partial charge in [-0.1, -0.05) is 29.8 Å². The van der Waals surface area contributed by atoms with Gasteiger partial charge in [-0.2, -0.15) is 0 Å². The van der Waals surface area contributed by atoms with E-state index in [2.05, 4.69) is 4.72 Å². The monoisotopic (exact) mass is 325 g/mol. The minimum absolute atomic E-state index is 0.179. The van der Waals surface area contributed by atoms with Gasteiger partial charge in [0.05, 0.1) is 11.1 Å². The highest BCUT2D eigenvalue weighted by Crippen LogP contribution is 2.16. The van der Waals surface area contributed by atoms with Crippen molar-refractivity contribution in [1.82, 2.24) is 0 Å². The number of sulfonamides is 1. The Labute approximate surface area is 128 Å². The molecule has 0 aromatic heterocycles. The summed E-state index contributed by atoms with van der Waals surface area (Å²) in [5.74, 6) is -0.461. The number of aryl methyl sites for hydroxylation is 1. The fourth-order valence-corrected chi connectivity index (χ4v) is 2.58. The first-order valence-electron chi connectivity index (χ1n) is 6.08. The van der Waals surface area contributed by atoms with Crippen molar-refractivity contribution >= 4 is 33.4 Å². The third kappa shape index (κ3) is 4.58. The average molecular weight is 326 g/mol. The van der Waals surface area contributed by atoms with Gasteiger partial charge in [0.25, 0.3) is 10.0 Å². The van der Waals surface area contributed by atoms with Gasteiger partial charge in [-0.3, -0.25) is 4.72 Å². The maximum Gasteiger partial charge on any atom is 0.255 e. The van der Waals surface area contributed by atoms with Crippen molar-refractivity contribution < 1.29 is 12.8 Å². The van der Waals surface area contributed by atoms with E-state index in [1.54, 1.807) is 31.2 Å². The molecule has 0 unspecified atom stereocenters. The smallest absolute Gasteiger partial charge is 0.255 e. The Morgan fingerprint density at radius 3 is 2.43 bits per heavy atom. The Bertz CT molecular complexity index is 771. The standard InChI is InChI=1S/C15H13ClFNO2S/c1-11-2-7-14(10-15(11)17)18-21(19,20)9-8-12-3-5-13(16)6-4-12/h2-10,18H,1H3/b9-8+. The second kappa shape index (κ2) is 6.28. The predicted octanol–water partition coefficient (Wildman–Crippen LogP) is 4.20. The molecule has 0 aliphatic carbocycles. The first-order chi connectivity index (χ1) is 9.85. The molecule has 2 aromatic rings. The molecule has 3 nitrogen and oxygen atoms in total. The van der Waals surface area contributed by atoms with E-state index in [9.17, 15) is 12.8 Å². The van der Waals surface area contributed by atoms with Crippen LogP contribution < -0.4 is 4.72 Å². The Morgan fingerprint density at radius 1 is 1.14 bits per heavy atom. The summed E-state index contributed by atoms with van der Waals surface area (Å²) in [5, 5.41) is 1.59. The molecule has 0 spiro atoms. The van der Waals surface area contributed by atoms with Gasteiger partial charge in [0.2, 0.25) is 0 Å². The summed E-state index contributed by atoms with van der Waals surface area (Å²) >= 11 is 5.75. The van der Waals surface area contributed by atoms with Crippen LogP contribution in [0.5, 0.6) is 0 Å². The molecule has 110 valence electrons. The van der Waals surface area contributed by atoms with E-state index < -0.39 is 15.8 Å². The summed E-state index contributed by atoms with van der Waals surface area (Å²) in [6.45, 7) is 1.61. The lowest BCUT2D eigenvalue weighted by Crippen LogP contribution is -2.09. The summed E-state index contributed by atoms with van der Waals surface area (Å²) in [7, 11) is -3.70. The lowest BCUT2D eigenvalue weighted by Gasteiger charge is -2.05. The summed E-state index contributed by atoms with van der Waals surface area (Å²) < 4.78 is 39.4. The first-order valence-corrected chi connectivity index (χ1v) is 8.01. The number of hydrogen-bond acceptors (Lipinski definition) is 2. The zero-order chi connectivity index (χ0) is 15.5. The maximum atomic E-state index is 13.4. The lowest BCUT2D eigenvalue weighted by molar-refractivity contribution is 0.609. The van der Waals surface area contributed by atoms with Crippen LogP contribution in [0.15, 0.2) is 47.9 Å². The summed E-state index contributed by atoms with van der Waals surface area (Å²) in [6.07, 6.45) is 1.43. The second-order valence-corrected chi connectivity index (χ2v) is 6.47. The molecule has 0 aliphatic heterocycles. The van der Waals surface area contributed by atoms with Crippen LogP contribution in [0.4, 0.5) is 10.1 Å². The number of benzene rings is 2. The maximum absolute atomic E-state index is 13.4. The largest absolute Gasteiger partial charge is 0.280 e. The number of rotatable bonds is 4. The third-order valence-electron chi connectivity index (χ3n) is 2.74. The highest BCUT2D eigenvalue weighted by Gasteiger charge is 2.07. The molecular weight excluding hydrogens is 313 g/mol. The number of nitrogens with one attached hydrogen (secondary N) is 1. The van der Waals surface area contributed by atoms with E-state index in [0.29, 0.717) is 16.1 Å². The molecule has 2 aromatic carbocycles. The molecular formula is C15H13ClFNO2S. The number of anilines is 1. The zero-order valence-electron chi connectivity index (χ0n) is 11.2. The van der Waals surface area contributed by atoms with Crippen molar-refractivity contribution in [2.75, 3.05) is 4.72 Å². The van der Waals surface area contributed by atoms with Gasteiger partial charge in [0.15, 0.2) is 0 Å². The fourth-order valence-electron chi connectivity index (χ4n) is 1.60. The Morgan fingerprint density at radius 2 is 1.81 bits per heavy atom. The summed E-state index contributed by atoms with van der Waals surface area (Å²) in [4.78, 5) is 0. The van der Waals surface area contributed by atoms with E-state index >= 15 is 0 Å². The third-order valence-corrected chi connectivity index (χ3v) is 4.01. The topological polar surface area (TPSA) is 46.2 Å². The minimum Gasteiger partial charge on any atom is -0.280 e. The molecule has 0 fully saturated rings. The van der Waals surface area contributed by atoms with Crippen LogP contribution in [0.3, 0.4) is 0 Å². The van der Waals surface area contributed by atoms with E-state index in [4.69, 9.17) is 11.6 Å². The van der Waals surface area contributed by atoms with Crippen molar-refractivity contribution in [3.05, 3.63) is 69.8 Å². The summed E-state index contributed by atoms with van der Waals surface area (Å²) in [5.41, 5.74) is 1.33. The van der Waals surface area contributed by atoms with Crippen LogP contribution >= 0.6 is 11.6 Å². The molecule has 2 rings (SSSR count). The molecule has 6 heteroatoms. The predicted molar refractivity (Wildman–Crippen MR) is 84.2 cm³/mol. The number of halogens is 2. The SMILES string of the molecule is Cc1ccc(NS(=O)(=O)/C=C/c2ccc(Cl)cc2)cc1F. The molecule has 0 atom stereocenters.